The van der Waals surface area contributed by atoms with Crippen LogP contribution in [0, 0.1) is 5.92 Å². The minimum atomic E-state index is -4.28. The lowest BCUT2D eigenvalue weighted by Gasteiger charge is -2.39. The Labute approximate surface area is 181 Å². The zero-order valence-electron chi connectivity index (χ0n) is 17.2. The number of benzene rings is 1. The van der Waals surface area contributed by atoms with Crippen molar-refractivity contribution < 1.29 is 32.3 Å². The molecule has 0 spiro atoms. The number of fused-ring (bicyclic) bond motifs is 1. The Balaban J connectivity index is 1.57. The van der Waals surface area contributed by atoms with Crippen molar-refractivity contribution in [3.05, 3.63) is 34.9 Å². The maximum Gasteiger partial charge on any atom is 0.391 e. The molecule has 4 amide bonds. The molecule has 1 aromatic carbocycles. The van der Waals surface area contributed by atoms with Crippen molar-refractivity contribution in [2.45, 2.75) is 50.5 Å². The number of hydrogen-bond donors (Lipinski definition) is 2. The Bertz CT molecular complexity index is 980. The largest absolute Gasteiger partial charge is 0.391 e. The number of nitrogens with zero attached hydrogens (tertiary/aromatic N) is 2. The molecule has 4 rings (SSSR count). The Hall–Kier alpha value is -2.79. The second-order valence-electron chi connectivity index (χ2n) is 8.41. The average Bonchev–Trinajstić information content (AvgIpc) is 2.99. The summed E-state index contributed by atoms with van der Waals surface area (Å²) < 4.78 is 39.5. The van der Waals surface area contributed by atoms with E-state index in [2.05, 4.69) is 5.32 Å². The molecule has 3 atom stereocenters. The highest BCUT2D eigenvalue weighted by molar-refractivity contribution is 6.24. The van der Waals surface area contributed by atoms with Crippen LogP contribution >= 0.6 is 0 Å². The number of carbonyl (C=O) groups excluding carboxylic acids is 4. The highest BCUT2D eigenvalue weighted by atomic mass is 19.4. The second kappa shape index (κ2) is 8.28. The van der Waals surface area contributed by atoms with E-state index in [-0.39, 0.29) is 56.4 Å². The number of alkyl halides is 3. The zero-order chi connectivity index (χ0) is 23.2. The summed E-state index contributed by atoms with van der Waals surface area (Å²) in [5.74, 6) is -3.83. The van der Waals surface area contributed by atoms with Gasteiger partial charge in [-0.05, 0) is 37.4 Å². The van der Waals surface area contributed by atoms with Crippen molar-refractivity contribution in [2.24, 2.45) is 11.7 Å². The van der Waals surface area contributed by atoms with Gasteiger partial charge < -0.3 is 5.73 Å². The fraction of sp³-hybridized carbons (Fsp3) is 0.524. The number of carbonyl (C=O) groups is 4. The van der Waals surface area contributed by atoms with Gasteiger partial charge in [0.05, 0.1) is 17.0 Å². The van der Waals surface area contributed by atoms with Gasteiger partial charge >= 0.3 is 6.18 Å². The summed E-state index contributed by atoms with van der Waals surface area (Å²) in [6, 6.07) is 3.16. The second-order valence-corrected chi connectivity index (χ2v) is 8.41. The van der Waals surface area contributed by atoms with Crippen LogP contribution in [0.2, 0.25) is 0 Å². The number of halogens is 3. The van der Waals surface area contributed by atoms with Gasteiger partial charge in [-0.3, -0.25) is 34.3 Å². The molecule has 0 saturated carbocycles. The fourth-order valence-electron chi connectivity index (χ4n) is 4.79. The molecule has 172 valence electrons. The van der Waals surface area contributed by atoms with Gasteiger partial charge in [0.1, 0.15) is 6.04 Å². The van der Waals surface area contributed by atoms with Crippen molar-refractivity contribution in [3.63, 3.8) is 0 Å². The first-order valence-electron chi connectivity index (χ1n) is 10.5. The van der Waals surface area contributed by atoms with E-state index in [9.17, 15) is 32.3 Å². The van der Waals surface area contributed by atoms with Crippen LogP contribution in [0.15, 0.2) is 18.2 Å². The van der Waals surface area contributed by atoms with Crippen molar-refractivity contribution in [1.29, 1.82) is 0 Å². The summed E-state index contributed by atoms with van der Waals surface area (Å²) in [4.78, 5) is 52.5. The van der Waals surface area contributed by atoms with Crippen LogP contribution in [0.5, 0.6) is 0 Å². The molecule has 1 aromatic rings. The maximum absolute atomic E-state index is 13.2. The van der Waals surface area contributed by atoms with Crippen LogP contribution in [-0.4, -0.2) is 64.8 Å². The summed E-state index contributed by atoms with van der Waals surface area (Å²) in [7, 11) is 0. The molecule has 0 aliphatic carbocycles. The fourth-order valence-corrected chi connectivity index (χ4v) is 4.79. The minimum absolute atomic E-state index is 0.0169. The molecular formula is C21H23F3N4O4. The monoisotopic (exact) mass is 452 g/mol. The molecule has 3 heterocycles. The Morgan fingerprint density at radius 3 is 2.50 bits per heavy atom. The lowest BCUT2D eigenvalue weighted by Crippen LogP contribution is -2.54. The predicted molar refractivity (Wildman–Crippen MR) is 105 cm³/mol. The molecule has 3 N–H and O–H groups in total. The maximum atomic E-state index is 13.2. The molecule has 11 heteroatoms. The predicted octanol–water partition coefficient (Wildman–Crippen LogP) is 1.19. The standard InChI is InChI=1S/C21H23F3N4O4/c22-21(23,24)12-6-7-27(13(8-12)9-25)10-11-2-1-3-14-17(11)20(32)28(19(14)31)15-4-5-16(29)26-18(15)30/h1-3,12-13,15H,4-10,25H2,(H,26,29,30)/t12-,13+,15?/m1/s1. The van der Waals surface area contributed by atoms with E-state index >= 15 is 0 Å². The first kappa shape index (κ1) is 22.4. The Morgan fingerprint density at radius 1 is 1.09 bits per heavy atom. The van der Waals surface area contributed by atoms with Crippen molar-refractivity contribution in [3.8, 4) is 0 Å². The van der Waals surface area contributed by atoms with Crippen LogP contribution in [0.3, 0.4) is 0 Å². The summed E-state index contributed by atoms with van der Waals surface area (Å²) in [6.07, 6.45) is -4.40. The number of imide groups is 2. The molecule has 0 radical (unpaired) electrons. The summed E-state index contributed by atoms with van der Waals surface area (Å²) in [6.45, 7) is 0.364. The number of likely N-dealkylation sites (tertiary alicyclic amines) is 1. The van der Waals surface area contributed by atoms with Gasteiger partial charge in [0.15, 0.2) is 0 Å². The highest BCUT2D eigenvalue weighted by Crippen LogP contribution is 2.37. The number of nitrogens with one attached hydrogen (secondary N) is 1. The SMILES string of the molecule is NC[C@@H]1C[C@H](C(F)(F)F)CCN1Cc1cccc2c1C(=O)N(C1CCC(=O)NC1=O)C2=O. The summed E-state index contributed by atoms with van der Waals surface area (Å²) >= 11 is 0. The van der Waals surface area contributed by atoms with E-state index in [0.29, 0.717) is 5.56 Å². The zero-order valence-corrected chi connectivity index (χ0v) is 17.2. The van der Waals surface area contributed by atoms with E-state index < -0.39 is 47.8 Å². The van der Waals surface area contributed by atoms with Gasteiger partial charge in [0, 0.05) is 25.6 Å². The average molecular weight is 452 g/mol. The molecule has 2 saturated heterocycles. The van der Waals surface area contributed by atoms with Gasteiger partial charge in [-0.25, -0.2) is 0 Å². The van der Waals surface area contributed by atoms with Gasteiger partial charge in [-0.2, -0.15) is 13.2 Å². The number of rotatable bonds is 4. The Morgan fingerprint density at radius 2 is 1.84 bits per heavy atom. The van der Waals surface area contributed by atoms with Crippen molar-refractivity contribution in [1.82, 2.24) is 15.1 Å². The third kappa shape index (κ3) is 3.90. The van der Waals surface area contributed by atoms with E-state index in [4.69, 9.17) is 5.73 Å². The smallest absolute Gasteiger partial charge is 0.329 e. The third-order valence-corrected chi connectivity index (χ3v) is 6.50. The van der Waals surface area contributed by atoms with E-state index in [1.807, 2.05) is 4.90 Å². The minimum Gasteiger partial charge on any atom is -0.329 e. The number of nitrogens with two attached hydrogens (primary N) is 1. The van der Waals surface area contributed by atoms with Gasteiger partial charge in [0.2, 0.25) is 11.8 Å². The molecule has 8 nitrogen and oxygen atoms in total. The van der Waals surface area contributed by atoms with Crippen molar-refractivity contribution >= 4 is 23.6 Å². The highest BCUT2D eigenvalue weighted by Gasteiger charge is 2.47. The van der Waals surface area contributed by atoms with E-state index in [0.717, 1.165) is 4.90 Å². The molecule has 3 aliphatic heterocycles. The molecule has 1 unspecified atom stereocenters. The molecule has 0 aromatic heterocycles. The summed E-state index contributed by atoms with van der Waals surface area (Å²) in [5, 5.41) is 2.15. The number of hydrogen-bond acceptors (Lipinski definition) is 6. The van der Waals surface area contributed by atoms with Gasteiger partial charge in [-0.15, -0.1) is 0 Å². The molecular weight excluding hydrogens is 429 g/mol. The van der Waals surface area contributed by atoms with Gasteiger partial charge in [-0.1, -0.05) is 12.1 Å². The van der Waals surface area contributed by atoms with Crippen LogP contribution < -0.4 is 11.1 Å². The number of piperidine rings is 2. The normalized spacial score (nSPS) is 27.0. The molecule has 3 aliphatic rings. The molecule has 2 fully saturated rings. The van der Waals surface area contributed by atoms with E-state index in [1.165, 1.54) is 6.07 Å². The Kier molecular flexibility index (Phi) is 5.80. The third-order valence-electron chi connectivity index (χ3n) is 6.50. The lowest BCUT2D eigenvalue weighted by molar-refractivity contribution is -0.189. The van der Waals surface area contributed by atoms with Gasteiger partial charge in [0.25, 0.3) is 11.8 Å². The van der Waals surface area contributed by atoms with Crippen LogP contribution in [0.4, 0.5) is 13.2 Å². The molecule has 0 bridgehead atoms. The molecule has 32 heavy (non-hydrogen) atoms. The van der Waals surface area contributed by atoms with E-state index in [1.54, 1.807) is 12.1 Å². The van der Waals surface area contributed by atoms with Crippen LogP contribution in [-0.2, 0) is 16.1 Å². The first-order chi connectivity index (χ1) is 15.1. The lowest BCUT2D eigenvalue weighted by atomic mass is 9.89. The van der Waals surface area contributed by atoms with Crippen LogP contribution in [0.25, 0.3) is 0 Å². The topological polar surface area (TPSA) is 113 Å². The number of amides is 4. The quantitative estimate of drug-likeness (QED) is 0.664. The van der Waals surface area contributed by atoms with Crippen molar-refractivity contribution in [2.75, 3.05) is 13.1 Å². The summed E-state index contributed by atoms with van der Waals surface area (Å²) in [5.41, 5.74) is 6.54. The van der Waals surface area contributed by atoms with Crippen LogP contribution in [0.1, 0.15) is 52.0 Å². The first-order valence-corrected chi connectivity index (χ1v) is 10.5.